The monoisotopic (exact) mass is 299 g/mol. The van der Waals surface area contributed by atoms with Crippen LogP contribution in [0.2, 0.25) is 0 Å². The molecule has 0 saturated heterocycles. The van der Waals surface area contributed by atoms with E-state index >= 15 is 0 Å². The van der Waals surface area contributed by atoms with Crippen LogP contribution in [-0.2, 0) is 11.2 Å². The highest BCUT2D eigenvalue weighted by atomic mass is 19.1. The van der Waals surface area contributed by atoms with Crippen LogP contribution in [0.15, 0.2) is 42.5 Å². The van der Waals surface area contributed by atoms with Crippen molar-refractivity contribution >= 4 is 29.0 Å². The van der Waals surface area contributed by atoms with E-state index < -0.39 is 11.8 Å². The van der Waals surface area contributed by atoms with Crippen molar-refractivity contribution in [3.63, 3.8) is 0 Å². The van der Waals surface area contributed by atoms with Crippen LogP contribution >= 0.6 is 0 Å². The number of likely N-dealkylation sites (N-methyl/N-ethyl adjacent to an activating group) is 1. The Hall–Kier alpha value is -2.89. The number of nitrogens with one attached hydrogen (secondary N) is 2. The number of para-hydroxylation sites is 1. The summed E-state index contributed by atoms with van der Waals surface area (Å²) in [6.07, 6.45) is 0.316. The van der Waals surface area contributed by atoms with Crippen molar-refractivity contribution in [2.45, 2.75) is 6.42 Å². The lowest BCUT2D eigenvalue weighted by Crippen LogP contribution is -2.20. The molecular weight excluding hydrogens is 285 g/mol. The zero-order valence-corrected chi connectivity index (χ0v) is 11.9. The molecule has 0 atom stereocenters. The summed E-state index contributed by atoms with van der Waals surface area (Å²) in [5.74, 6) is -0.484. The topological polar surface area (TPSA) is 61.4 Å². The summed E-state index contributed by atoms with van der Waals surface area (Å²) in [6.45, 7) is 0. The maximum atomic E-state index is 13.5. The minimum Gasteiger partial charge on any atom is -0.315 e. The second kappa shape index (κ2) is 5.48. The molecule has 2 N–H and O–H groups in total. The van der Waals surface area contributed by atoms with Gasteiger partial charge in [0.1, 0.15) is 5.82 Å². The van der Waals surface area contributed by atoms with Crippen LogP contribution in [-0.4, -0.2) is 19.0 Å². The molecule has 112 valence electrons. The highest BCUT2D eigenvalue weighted by Gasteiger charge is 2.24. The smallest absolute Gasteiger partial charge is 0.315 e. The Morgan fingerprint density at radius 3 is 2.73 bits per heavy atom. The highest BCUT2D eigenvalue weighted by Crippen LogP contribution is 2.30. The van der Waals surface area contributed by atoms with Crippen LogP contribution in [0, 0.1) is 5.82 Å². The fourth-order valence-corrected chi connectivity index (χ4v) is 2.40. The normalized spacial score (nSPS) is 13.0. The first-order valence-electron chi connectivity index (χ1n) is 6.76. The van der Waals surface area contributed by atoms with Gasteiger partial charge in [-0.25, -0.2) is 9.18 Å². The van der Waals surface area contributed by atoms with Gasteiger partial charge in [-0.3, -0.25) is 4.79 Å². The fourth-order valence-electron chi connectivity index (χ4n) is 2.40. The number of hydrogen-bond donors (Lipinski definition) is 2. The van der Waals surface area contributed by atoms with Crippen LogP contribution in [0.5, 0.6) is 0 Å². The molecule has 0 unspecified atom stereocenters. The second-order valence-electron chi connectivity index (χ2n) is 5.03. The number of rotatable bonds is 2. The molecule has 0 aliphatic carbocycles. The second-order valence-corrected chi connectivity index (χ2v) is 5.03. The summed E-state index contributed by atoms with van der Waals surface area (Å²) >= 11 is 0. The Labute approximate surface area is 126 Å². The Morgan fingerprint density at radius 1 is 1.18 bits per heavy atom. The highest BCUT2D eigenvalue weighted by molar-refractivity contribution is 6.03. The summed E-state index contributed by atoms with van der Waals surface area (Å²) in [5.41, 5.74) is 2.35. The lowest BCUT2D eigenvalue weighted by molar-refractivity contribution is -0.117. The summed E-state index contributed by atoms with van der Waals surface area (Å²) in [6, 6.07) is 10.6. The molecule has 0 fully saturated rings. The van der Waals surface area contributed by atoms with E-state index in [4.69, 9.17) is 0 Å². The van der Waals surface area contributed by atoms with Gasteiger partial charge in [-0.2, -0.15) is 0 Å². The van der Waals surface area contributed by atoms with Gasteiger partial charge in [0.2, 0.25) is 5.91 Å². The van der Waals surface area contributed by atoms with Crippen LogP contribution in [0.25, 0.3) is 0 Å². The number of urea groups is 1. The van der Waals surface area contributed by atoms with E-state index in [0.29, 0.717) is 12.1 Å². The number of nitrogens with zero attached hydrogens (tertiary/aromatic N) is 1. The van der Waals surface area contributed by atoms with Gasteiger partial charge in [-0.1, -0.05) is 12.1 Å². The van der Waals surface area contributed by atoms with Crippen molar-refractivity contribution in [3.8, 4) is 0 Å². The van der Waals surface area contributed by atoms with Gasteiger partial charge in [0.15, 0.2) is 0 Å². The van der Waals surface area contributed by atoms with E-state index in [0.717, 1.165) is 11.3 Å². The predicted molar refractivity (Wildman–Crippen MR) is 82.6 cm³/mol. The molecule has 2 aromatic carbocycles. The van der Waals surface area contributed by atoms with Crippen LogP contribution in [0.3, 0.4) is 0 Å². The SMILES string of the molecule is CN1C(=O)Cc2cc(NC(=O)Nc3ccccc3F)ccc21. The molecule has 1 heterocycles. The molecule has 1 aliphatic heterocycles. The molecule has 5 nitrogen and oxygen atoms in total. The van der Waals surface area contributed by atoms with Gasteiger partial charge >= 0.3 is 6.03 Å². The van der Waals surface area contributed by atoms with Gasteiger partial charge in [0, 0.05) is 18.4 Å². The number of fused-ring (bicyclic) bond motifs is 1. The number of carbonyl (C=O) groups excluding carboxylic acids is 2. The van der Waals surface area contributed by atoms with E-state index in [-0.39, 0.29) is 11.6 Å². The third-order valence-electron chi connectivity index (χ3n) is 3.54. The molecule has 22 heavy (non-hydrogen) atoms. The minimum absolute atomic E-state index is 0.0166. The summed E-state index contributed by atoms with van der Waals surface area (Å²) in [5, 5.41) is 5.07. The average molecular weight is 299 g/mol. The minimum atomic E-state index is -0.539. The zero-order valence-electron chi connectivity index (χ0n) is 11.9. The molecule has 3 amide bonds. The Morgan fingerprint density at radius 2 is 1.95 bits per heavy atom. The molecule has 0 bridgehead atoms. The first-order valence-corrected chi connectivity index (χ1v) is 6.76. The summed E-state index contributed by atoms with van der Waals surface area (Å²) in [7, 11) is 1.71. The number of anilines is 3. The van der Waals surface area contributed by atoms with Gasteiger partial charge in [-0.05, 0) is 35.9 Å². The fraction of sp³-hybridized carbons (Fsp3) is 0.125. The Balaban J connectivity index is 1.72. The van der Waals surface area contributed by atoms with E-state index in [1.807, 2.05) is 0 Å². The molecule has 0 saturated carbocycles. The standard InChI is InChI=1S/C16H14FN3O2/c1-20-14-7-6-11(8-10(14)9-15(20)21)18-16(22)19-13-5-3-2-4-12(13)17/h2-8H,9H2,1H3,(H2,18,19,22). The van der Waals surface area contributed by atoms with Crippen molar-refractivity contribution in [2.24, 2.45) is 0 Å². The molecule has 6 heteroatoms. The molecule has 0 aromatic heterocycles. The third-order valence-corrected chi connectivity index (χ3v) is 3.54. The first kappa shape index (κ1) is 14.1. The first-order chi connectivity index (χ1) is 10.5. The molecule has 1 aliphatic rings. The summed E-state index contributed by atoms with van der Waals surface area (Å²) < 4.78 is 13.5. The van der Waals surface area contributed by atoms with Gasteiger partial charge in [0.25, 0.3) is 0 Å². The molecule has 0 spiro atoms. The third kappa shape index (κ3) is 2.63. The Bertz CT molecular complexity index is 761. The molecule has 3 rings (SSSR count). The van der Waals surface area contributed by atoms with Gasteiger partial charge < -0.3 is 15.5 Å². The number of benzene rings is 2. The Kier molecular flexibility index (Phi) is 3.50. The van der Waals surface area contributed by atoms with Crippen molar-refractivity contribution in [1.82, 2.24) is 0 Å². The summed E-state index contributed by atoms with van der Waals surface area (Å²) in [4.78, 5) is 25.1. The van der Waals surface area contributed by atoms with Crippen LogP contribution in [0.4, 0.5) is 26.2 Å². The average Bonchev–Trinajstić information content (AvgIpc) is 2.76. The van der Waals surface area contributed by atoms with Crippen LogP contribution in [0.1, 0.15) is 5.56 Å². The van der Waals surface area contributed by atoms with E-state index in [2.05, 4.69) is 10.6 Å². The van der Waals surface area contributed by atoms with Gasteiger partial charge in [0.05, 0.1) is 12.1 Å². The maximum absolute atomic E-state index is 13.5. The zero-order chi connectivity index (χ0) is 15.7. The van der Waals surface area contributed by atoms with E-state index in [1.54, 1.807) is 42.3 Å². The molecule has 0 radical (unpaired) electrons. The number of halogens is 1. The van der Waals surface area contributed by atoms with E-state index in [1.165, 1.54) is 12.1 Å². The predicted octanol–water partition coefficient (Wildman–Crippen LogP) is 2.99. The van der Waals surface area contributed by atoms with Crippen molar-refractivity contribution in [3.05, 3.63) is 53.8 Å². The maximum Gasteiger partial charge on any atom is 0.323 e. The lowest BCUT2D eigenvalue weighted by atomic mass is 10.1. The molecular formula is C16H14FN3O2. The largest absolute Gasteiger partial charge is 0.323 e. The van der Waals surface area contributed by atoms with Crippen molar-refractivity contribution in [2.75, 3.05) is 22.6 Å². The number of amides is 3. The van der Waals surface area contributed by atoms with E-state index in [9.17, 15) is 14.0 Å². The lowest BCUT2D eigenvalue weighted by Gasteiger charge is -2.12. The van der Waals surface area contributed by atoms with Gasteiger partial charge in [-0.15, -0.1) is 0 Å². The molecule has 2 aromatic rings. The van der Waals surface area contributed by atoms with Crippen molar-refractivity contribution < 1.29 is 14.0 Å². The van der Waals surface area contributed by atoms with Crippen molar-refractivity contribution in [1.29, 1.82) is 0 Å². The quantitative estimate of drug-likeness (QED) is 0.895. The van der Waals surface area contributed by atoms with Crippen LogP contribution < -0.4 is 15.5 Å². The number of carbonyl (C=O) groups is 2. The number of hydrogen-bond acceptors (Lipinski definition) is 2.